The normalized spacial score (nSPS) is 26.4. The first-order valence-corrected chi connectivity index (χ1v) is 8.58. The van der Waals surface area contributed by atoms with Crippen molar-refractivity contribution in [1.29, 1.82) is 0 Å². The van der Waals surface area contributed by atoms with Crippen molar-refractivity contribution in [2.45, 2.75) is 31.8 Å². The second-order valence-electron chi connectivity index (χ2n) is 6.66. The zero-order valence-corrected chi connectivity index (χ0v) is 13.4. The third-order valence-electron chi connectivity index (χ3n) is 5.01. The third kappa shape index (κ3) is 3.13. The molecule has 0 unspecified atom stereocenters. The summed E-state index contributed by atoms with van der Waals surface area (Å²) in [4.78, 5) is 20.6. The van der Waals surface area contributed by atoms with E-state index in [1.165, 1.54) is 5.06 Å². The first kappa shape index (κ1) is 15.1. The zero-order chi connectivity index (χ0) is 15.6. The second-order valence-corrected chi connectivity index (χ2v) is 6.66. The predicted octanol–water partition coefficient (Wildman–Crippen LogP) is 0.830. The minimum atomic E-state index is -0.272. The molecule has 0 bridgehead atoms. The topological polar surface area (TPSA) is 59.8 Å². The van der Waals surface area contributed by atoms with E-state index >= 15 is 0 Å². The Morgan fingerprint density at radius 2 is 2.17 bits per heavy atom. The van der Waals surface area contributed by atoms with Gasteiger partial charge in [-0.05, 0) is 31.2 Å². The van der Waals surface area contributed by atoms with Gasteiger partial charge in [0.05, 0.1) is 18.8 Å². The highest BCUT2D eigenvalue weighted by atomic mass is 16.7. The highest BCUT2D eigenvalue weighted by Gasteiger charge is 2.36. The second kappa shape index (κ2) is 6.59. The average Bonchev–Trinajstić information content (AvgIpc) is 3.26. The van der Waals surface area contributed by atoms with Gasteiger partial charge in [0.2, 0.25) is 0 Å². The van der Waals surface area contributed by atoms with Gasteiger partial charge in [0.15, 0.2) is 0 Å². The summed E-state index contributed by atoms with van der Waals surface area (Å²) in [6.45, 7) is 5.65. The summed E-state index contributed by atoms with van der Waals surface area (Å²) in [7, 11) is 0. The molecule has 2 fully saturated rings. The van der Waals surface area contributed by atoms with Gasteiger partial charge in [-0.1, -0.05) is 0 Å². The Morgan fingerprint density at radius 3 is 2.96 bits per heavy atom. The predicted molar refractivity (Wildman–Crippen MR) is 82.4 cm³/mol. The van der Waals surface area contributed by atoms with E-state index in [0.29, 0.717) is 25.6 Å². The Hall–Kier alpha value is -1.44. The molecule has 0 aliphatic carbocycles. The Labute approximate surface area is 136 Å². The Balaban J connectivity index is 1.48. The van der Waals surface area contributed by atoms with Crippen LogP contribution in [0, 0.1) is 5.92 Å². The summed E-state index contributed by atoms with van der Waals surface area (Å²) < 4.78 is 7.33. The van der Waals surface area contributed by atoms with Crippen molar-refractivity contribution in [2.24, 2.45) is 5.92 Å². The maximum atomic E-state index is 12.8. The number of hydroxylamine groups is 2. The number of hydrogen-bond donors (Lipinski definition) is 0. The summed E-state index contributed by atoms with van der Waals surface area (Å²) in [6.07, 6.45) is 4.93. The molecule has 0 saturated carbocycles. The number of aromatic nitrogens is 2. The van der Waals surface area contributed by atoms with Crippen LogP contribution in [0.3, 0.4) is 0 Å². The fourth-order valence-electron chi connectivity index (χ4n) is 3.77. The summed E-state index contributed by atoms with van der Waals surface area (Å²) in [5, 5.41) is 5.90. The standard InChI is InChI=1S/C16H24N4O3/c21-16(19-6-1-7-23-19)15-12-18(10-13-3-8-22-9-4-13)11-14-2-5-17-20(14)15/h2,5,13,15H,1,3-4,6-12H2/t15-/m0/s1. The Bertz CT molecular complexity index is 549. The van der Waals surface area contributed by atoms with Crippen LogP contribution in [0.1, 0.15) is 31.0 Å². The zero-order valence-electron chi connectivity index (χ0n) is 13.4. The van der Waals surface area contributed by atoms with Crippen LogP contribution in [-0.2, 0) is 20.9 Å². The highest BCUT2D eigenvalue weighted by molar-refractivity contribution is 5.80. The van der Waals surface area contributed by atoms with E-state index in [4.69, 9.17) is 9.57 Å². The first-order chi connectivity index (χ1) is 11.3. The lowest BCUT2D eigenvalue weighted by Gasteiger charge is -2.36. The van der Waals surface area contributed by atoms with E-state index in [1.54, 1.807) is 6.20 Å². The van der Waals surface area contributed by atoms with Gasteiger partial charge < -0.3 is 4.74 Å². The third-order valence-corrected chi connectivity index (χ3v) is 5.01. The van der Waals surface area contributed by atoms with E-state index < -0.39 is 0 Å². The molecule has 3 aliphatic heterocycles. The number of ether oxygens (including phenoxy) is 1. The van der Waals surface area contributed by atoms with Crippen LogP contribution in [0.2, 0.25) is 0 Å². The quantitative estimate of drug-likeness (QED) is 0.826. The van der Waals surface area contributed by atoms with E-state index in [2.05, 4.69) is 10.00 Å². The molecule has 23 heavy (non-hydrogen) atoms. The largest absolute Gasteiger partial charge is 0.381 e. The summed E-state index contributed by atoms with van der Waals surface area (Å²) in [6, 6.07) is 1.74. The van der Waals surface area contributed by atoms with Gasteiger partial charge in [-0.15, -0.1) is 0 Å². The van der Waals surface area contributed by atoms with Crippen molar-refractivity contribution < 1.29 is 14.4 Å². The molecule has 7 heteroatoms. The molecule has 4 heterocycles. The van der Waals surface area contributed by atoms with Crippen LogP contribution < -0.4 is 0 Å². The molecule has 1 atom stereocenters. The average molecular weight is 320 g/mol. The van der Waals surface area contributed by atoms with Crippen molar-refractivity contribution in [1.82, 2.24) is 19.7 Å². The Kier molecular flexibility index (Phi) is 4.33. The highest BCUT2D eigenvalue weighted by Crippen LogP contribution is 2.26. The molecule has 0 aromatic carbocycles. The van der Waals surface area contributed by atoms with Crippen LogP contribution in [0.15, 0.2) is 12.3 Å². The molecule has 7 nitrogen and oxygen atoms in total. The fraction of sp³-hybridized carbons (Fsp3) is 0.750. The summed E-state index contributed by atoms with van der Waals surface area (Å²) in [5.74, 6) is 0.695. The molecule has 0 spiro atoms. The van der Waals surface area contributed by atoms with Gasteiger partial charge >= 0.3 is 0 Å². The number of fused-ring (bicyclic) bond motifs is 1. The molecule has 1 aromatic heterocycles. The van der Waals surface area contributed by atoms with Crippen LogP contribution in [-0.4, -0.2) is 65.1 Å². The molecule has 4 rings (SSSR count). The van der Waals surface area contributed by atoms with Crippen molar-refractivity contribution in [2.75, 3.05) is 39.5 Å². The van der Waals surface area contributed by atoms with Gasteiger partial charge in [0, 0.05) is 39.0 Å². The lowest BCUT2D eigenvalue weighted by atomic mass is 9.99. The van der Waals surface area contributed by atoms with Crippen LogP contribution in [0.4, 0.5) is 0 Å². The number of rotatable bonds is 3. The van der Waals surface area contributed by atoms with Crippen molar-refractivity contribution in [3.63, 3.8) is 0 Å². The molecule has 2 saturated heterocycles. The van der Waals surface area contributed by atoms with Gasteiger partial charge in [0.1, 0.15) is 6.04 Å². The molecular formula is C16H24N4O3. The molecular weight excluding hydrogens is 296 g/mol. The number of carbonyl (C=O) groups excluding carboxylic acids is 1. The molecule has 0 radical (unpaired) electrons. The first-order valence-electron chi connectivity index (χ1n) is 8.58. The number of hydrogen-bond acceptors (Lipinski definition) is 5. The fourth-order valence-corrected chi connectivity index (χ4v) is 3.77. The van der Waals surface area contributed by atoms with Crippen LogP contribution in [0.25, 0.3) is 0 Å². The molecule has 126 valence electrons. The van der Waals surface area contributed by atoms with E-state index in [1.807, 2.05) is 10.7 Å². The van der Waals surface area contributed by atoms with Crippen molar-refractivity contribution >= 4 is 5.91 Å². The Morgan fingerprint density at radius 1 is 1.30 bits per heavy atom. The van der Waals surface area contributed by atoms with Gasteiger partial charge in [-0.2, -0.15) is 5.10 Å². The lowest BCUT2D eigenvalue weighted by molar-refractivity contribution is -0.174. The molecule has 0 N–H and O–H groups in total. The minimum Gasteiger partial charge on any atom is -0.381 e. The van der Waals surface area contributed by atoms with Crippen molar-refractivity contribution in [3.8, 4) is 0 Å². The van der Waals surface area contributed by atoms with E-state index in [0.717, 1.165) is 51.3 Å². The van der Waals surface area contributed by atoms with E-state index in [9.17, 15) is 4.79 Å². The lowest BCUT2D eigenvalue weighted by Crippen LogP contribution is -2.47. The molecule has 1 aromatic rings. The maximum Gasteiger partial charge on any atom is 0.272 e. The van der Waals surface area contributed by atoms with Crippen LogP contribution >= 0.6 is 0 Å². The molecule has 1 amide bonds. The maximum absolute atomic E-state index is 12.8. The summed E-state index contributed by atoms with van der Waals surface area (Å²) >= 11 is 0. The van der Waals surface area contributed by atoms with Gasteiger partial charge in [0.25, 0.3) is 5.91 Å². The van der Waals surface area contributed by atoms with Crippen LogP contribution in [0.5, 0.6) is 0 Å². The van der Waals surface area contributed by atoms with Gasteiger partial charge in [-0.3, -0.25) is 19.2 Å². The molecule has 3 aliphatic rings. The number of amides is 1. The summed E-state index contributed by atoms with van der Waals surface area (Å²) in [5.41, 5.74) is 1.11. The van der Waals surface area contributed by atoms with Gasteiger partial charge in [-0.25, -0.2) is 5.06 Å². The minimum absolute atomic E-state index is 0.0316. The number of carbonyl (C=O) groups is 1. The van der Waals surface area contributed by atoms with E-state index in [-0.39, 0.29) is 11.9 Å². The SMILES string of the molecule is O=C([C@@H]1CN(CC2CCOCC2)Cc2ccnn21)N1CCCO1. The number of nitrogens with zero attached hydrogens (tertiary/aromatic N) is 4. The monoisotopic (exact) mass is 320 g/mol. The smallest absolute Gasteiger partial charge is 0.272 e. The van der Waals surface area contributed by atoms with Crippen molar-refractivity contribution in [3.05, 3.63) is 18.0 Å².